The van der Waals surface area contributed by atoms with Crippen LogP contribution in [0, 0.1) is 0 Å². The highest BCUT2D eigenvalue weighted by molar-refractivity contribution is 14.0. The monoisotopic (exact) mass is 390 g/mol. The number of hydrazone groups is 1. The van der Waals surface area contributed by atoms with E-state index < -0.39 is 0 Å². The molecule has 0 atom stereocenters. The average Bonchev–Trinajstić information content (AvgIpc) is 2.15. The lowest BCUT2D eigenvalue weighted by atomic mass is 10.2. The van der Waals surface area contributed by atoms with Crippen molar-refractivity contribution in [2.24, 2.45) is 5.10 Å². The predicted molar refractivity (Wildman–Crippen MR) is 85.6 cm³/mol. The first-order valence-electron chi connectivity index (χ1n) is 4.30. The topological polar surface area (TPSA) is 15.6 Å². The van der Waals surface area contributed by atoms with Gasteiger partial charge in [-0.05, 0) is 18.4 Å². The minimum Gasteiger partial charge on any atom is -0.302 e. The minimum absolute atomic E-state index is 0. The number of thioether (sulfide) groups is 1. The van der Waals surface area contributed by atoms with Crippen LogP contribution in [-0.2, 0) is 0 Å². The molecule has 90 valence electrons. The number of halogens is 3. The van der Waals surface area contributed by atoms with Gasteiger partial charge in [0.15, 0.2) is 0 Å². The molecule has 0 saturated carbocycles. The van der Waals surface area contributed by atoms with Crippen molar-refractivity contribution in [1.29, 1.82) is 0 Å². The Morgan fingerprint density at radius 3 is 2.12 bits per heavy atom. The van der Waals surface area contributed by atoms with Gasteiger partial charge in [0, 0.05) is 19.7 Å². The minimum atomic E-state index is 0. The highest BCUT2D eigenvalue weighted by atomic mass is 127. The van der Waals surface area contributed by atoms with Crippen LogP contribution in [0.1, 0.15) is 5.56 Å². The van der Waals surface area contributed by atoms with E-state index in [0.717, 1.165) is 10.6 Å². The number of nitrogens with zero attached hydrogens (tertiary/aromatic N) is 2. The smallest absolute Gasteiger partial charge is 0.126 e. The Balaban J connectivity index is 0.00000225. The molecule has 1 rings (SSSR count). The van der Waals surface area contributed by atoms with Gasteiger partial charge in [-0.2, -0.15) is 5.10 Å². The highest BCUT2D eigenvalue weighted by Crippen LogP contribution is 2.28. The van der Waals surface area contributed by atoms with Gasteiger partial charge in [0.2, 0.25) is 0 Å². The quantitative estimate of drug-likeness (QED) is 0.325. The maximum absolute atomic E-state index is 6.09. The standard InChI is InChI=1S/C10H12Cl2N2S.HI/c1-14(2)13-10(15-3)9-7(11)5-4-6-8(9)12;/h4-6H,1-3H3;1H. The SMILES string of the molecule is CSC(=NN(C)C)c1c(Cl)cccc1Cl.I. The van der Waals surface area contributed by atoms with Crippen LogP contribution in [0.3, 0.4) is 0 Å². The van der Waals surface area contributed by atoms with Crippen LogP contribution in [0.25, 0.3) is 0 Å². The van der Waals surface area contributed by atoms with Crippen LogP contribution < -0.4 is 0 Å². The Kier molecular flexibility index (Phi) is 7.80. The zero-order chi connectivity index (χ0) is 11.4. The first-order chi connectivity index (χ1) is 7.06. The van der Waals surface area contributed by atoms with Crippen LogP contribution in [-0.4, -0.2) is 30.4 Å². The zero-order valence-electron chi connectivity index (χ0n) is 9.20. The number of hydrogen-bond acceptors (Lipinski definition) is 3. The van der Waals surface area contributed by atoms with Crippen LogP contribution in [0.2, 0.25) is 10.0 Å². The Morgan fingerprint density at radius 2 is 1.75 bits per heavy atom. The molecule has 1 aromatic rings. The van der Waals surface area contributed by atoms with Gasteiger partial charge in [0.25, 0.3) is 0 Å². The Labute approximate surface area is 127 Å². The molecule has 1 aromatic carbocycles. The molecule has 6 heteroatoms. The van der Waals surface area contributed by atoms with Crippen LogP contribution >= 0.6 is 58.9 Å². The number of rotatable bonds is 2. The van der Waals surface area contributed by atoms with Crippen LogP contribution in [0.5, 0.6) is 0 Å². The molecule has 2 nitrogen and oxygen atoms in total. The summed E-state index contributed by atoms with van der Waals surface area (Å²) in [6.45, 7) is 0. The van der Waals surface area contributed by atoms with E-state index in [1.165, 1.54) is 11.8 Å². The number of benzene rings is 1. The normalized spacial score (nSPS) is 10.9. The second-order valence-corrected chi connectivity index (χ2v) is 4.66. The Hall–Kier alpha value is 0.350. The first-order valence-corrected chi connectivity index (χ1v) is 6.28. The second-order valence-electron chi connectivity index (χ2n) is 3.05. The lowest BCUT2D eigenvalue weighted by Crippen LogP contribution is -2.08. The fourth-order valence-corrected chi connectivity index (χ4v) is 2.43. The van der Waals surface area contributed by atoms with E-state index in [4.69, 9.17) is 23.2 Å². The average molecular weight is 391 g/mol. The van der Waals surface area contributed by atoms with Gasteiger partial charge in [-0.25, -0.2) is 0 Å². The van der Waals surface area contributed by atoms with Gasteiger partial charge in [-0.15, -0.1) is 35.7 Å². The van der Waals surface area contributed by atoms with E-state index in [1.807, 2.05) is 38.6 Å². The summed E-state index contributed by atoms with van der Waals surface area (Å²) in [5.41, 5.74) is 0.794. The third kappa shape index (κ3) is 4.31. The van der Waals surface area contributed by atoms with E-state index in [2.05, 4.69) is 5.10 Å². The fourth-order valence-electron chi connectivity index (χ4n) is 1.08. The summed E-state index contributed by atoms with van der Waals surface area (Å²) >= 11 is 13.7. The molecule has 0 aliphatic rings. The predicted octanol–water partition coefficient (Wildman–Crippen LogP) is 4.20. The summed E-state index contributed by atoms with van der Waals surface area (Å²) in [5, 5.41) is 8.12. The molecule has 0 saturated heterocycles. The summed E-state index contributed by atoms with van der Waals surface area (Å²) in [6, 6.07) is 5.44. The van der Waals surface area contributed by atoms with Crippen molar-refractivity contribution in [3.05, 3.63) is 33.8 Å². The molecule has 0 fully saturated rings. The van der Waals surface area contributed by atoms with E-state index in [-0.39, 0.29) is 24.0 Å². The Morgan fingerprint density at radius 1 is 1.25 bits per heavy atom. The van der Waals surface area contributed by atoms with E-state index >= 15 is 0 Å². The van der Waals surface area contributed by atoms with Gasteiger partial charge in [-0.1, -0.05) is 29.3 Å². The van der Waals surface area contributed by atoms with Crippen LogP contribution in [0.15, 0.2) is 23.3 Å². The second kappa shape index (κ2) is 7.63. The molecule has 16 heavy (non-hydrogen) atoms. The largest absolute Gasteiger partial charge is 0.302 e. The molecule has 0 heterocycles. The van der Waals surface area contributed by atoms with E-state index in [1.54, 1.807) is 5.01 Å². The third-order valence-corrected chi connectivity index (χ3v) is 2.96. The van der Waals surface area contributed by atoms with Crippen molar-refractivity contribution in [1.82, 2.24) is 5.01 Å². The van der Waals surface area contributed by atoms with E-state index in [0.29, 0.717) is 10.0 Å². The number of hydrogen-bond donors (Lipinski definition) is 0. The van der Waals surface area contributed by atoms with Gasteiger partial charge < -0.3 is 5.01 Å². The van der Waals surface area contributed by atoms with Gasteiger partial charge >= 0.3 is 0 Å². The fraction of sp³-hybridized carbons (Fsp3) is 0.300. The zero-order valence-corrected chi connectivity index (χ0v) is 13.9. The molecule has 0 bridgehead atoms. The lowest BCUT2D eigenvalue weighted by Gasteiger charge is -2.11. The third-order valence-electron chi connectivity index (χ3n) is 1.66. The molecular weight excluding hydrogens is 378 g/mol. The maximum Gasteiger partial charge on any atom is 0.126 e. The van der Waals surface area contributed by atoms with Crippen molar-refractivity contribution in [2.45, 2.75) is 0 Å². The van der Waals surface area contributed by atoms with Crippen LogP contribution in [0.4, 0.5) is 0 Å². The summed E-state index contributed by atoms with van der Waals surface area (Å²) in [7, 11) is 3.72. The van der Waals surface area contributed by atoms with Crippen molar-refractivity contribution >= 4 is 64.0 Å². The molecule has 0 radical (unpaired) electrons. The summed E-state index contributed by atoms with van der Waals surface area (Å²) in [4.78, 5) is 0. The van der Waals surface area contributed by atoms with Crippen molar-refractivity contribution in [3.63, 3.8) is 0 Å². The van der Waals surface area contributed by atoms with Gasteiger partial charge in [0.05, 0.1) is 10.0 Å². The molecule has 0 unspecified atom stereocenters. The maximum atomic E-state index is 6.09. The molecule has 0 N–H and O–H groups in total. The molecule has 0 aliphatic carbocycles. The Bertz CT molecular complexity index is 363. The molecule has 0 amide bonds. The molecular formula is C10H13Cl2IN2S. The summed E-state index contributed by atoms with van der Waals surface area (Å²) in [6.07, 6.45) is 1.95. The summed E-state index contributed by atoms with van der Waals surface area (Å²) in [5.74, 6) is 0. The van der Waals surface area contributed by atoms with Crippen molar-refractivity contribution in [2.75, 3.05) is 20.4 Å². The molecule has 0 aromatic heterocycles. The first kappa shape index (κ1) is 16.4. The van der Waals surface area contributed by atoms with Crippen molar-refractivity contribution in [3.8, 4) is 0 Å². The van der Waals surface area contributed by atoms with E-state index in [9.17, 15) is 0 Å². The van der Waals surface area contributed by atoms with Gasteiger partial charge in [-0.3, -0.25) is 0 Å². The highest BCUT2D eigenvalue weighted by Gasteiger charge is 2.12. The lowest BCUT2D eigenvalue weighted by molar-refractivity contribution is 0.440. The summed E-state index contributed by atoms with van der Waals surface area (Å²) < 4.78 is 0. The van der Waals surface area contributed by atoms with Crippen molar-refractivity contribution < 1.29 is 0 Å². The molecule has 0 aliphatic heterocycles. The molecule has 0 spiro atoms. The van der Waals surface area contributed by atoms with Gasteiger partial charge in [0.1, 0.15) is 5.04 Å².